The molecule has 0 spiro atoms. The van der Waals surface area contributed by atoms with E-state index in [2.05, 4.69) is 20.9 Å². The van der Waals surface area contributed by atoms with Gasteiger partial charge in [0.25, 0.3) is 5.56 Å². The van der Waals surface area contributed by atoms with Gasteiger partial charge in [-0.1, -0.05) is 53.8 Å². The lowest BCUT2D eigenvalue weighted by Gasteiger charge is -2.25. The summed E-state index contributed by atoms with van der Waals surface area (Å²) in [5.74, 6) is 1.27. The van der Waals surface area contributed by atoms with Crippen LogP contribution in [-0.2, 0) is 16.1 Å². The standard InChI is InChI=1S/C32H29BrN2O6S/c1-5-40-31(37)28-19(2)34-32-35(29(28)22-12-14-24(38-3)23(33)17-22)30(36)27(42-32)16-21-11-13-25(26(15-21)39-4)41-18-20-9-7-6-8-10-20/h6-17,29H,5,18H2,1-4H3. The van der Waals surface area contributed by atoms with Crippen LogP contribution in [-0.4, -0.2) is 31.4 Å². The van der Waals surface area contributed by atoms with Crippen LogP contribution in [0, 0.1) is 0 Å². The molecule has 1 aliphatic rings. The van der Waals surface area contributed by atoms with Crippen LogP contribution in [0.25, 0.3) is 6.08 Å². The van der Waals surface area contributed by atoms with Crippen molar-refractivity contribution in [3.05, 3.63) is 119 Å². The van der Waals surface area contributed by atoms with E-state index in [1.165, 1.54) is 11.3 Å². The number of carbonyl (C=O) groups is 1. The van der Waals surface area contributed by atoms with Crippen molar-refractivity contribution in [1.29, 1.82) is 0 Å². The van der Waals surface area contributed by atoms with Gasteiger partial charge in [-0.2, -0.15) is 0 Å². The Labute approximate surface area is 255 Å². The SMILES string of the molecule is CCOC(=O)C1=C(C)N=c2sc(=Cc3ccc(OCc4ccccc4)c(OC)c3)c(=O)n2C1c1ccc(OC)c(Br)c1. The summed E-state index contributed by atoms with van der Waals surface area (Å²) in [7, 11) is 3.16. The minimum absolute atomic E-state index is 0.200. The zero-order valence-corrected chi connectivity index (χ0v) is 26.0. The molecular weight excluding hydrogens is 620 g/mol. The molecule has 0 aliphatic carbocycles. The van der Waals surface area contributed by atoms with Gasteiger partial charge in [0.2, 0.25) is 0 Å². The maximum Gasteiger partial charge on any atom is 0.338 e. The van der Waals surface area contributed by atoms with E-state index in [9.17, 15) is 9.59 Å². The van der Waals surface area contributed by atoms with Gasteiger partial charge in [0.1, 0.15) is 12.4 Å². The second-order valence-electron chi connectivity index (χ2n) is 9.38. The van der Waals surface area contributed by atoms with Gasteiger partial charge in [-0.3, -0.25) is 9.36 Å². The average molecular weight is 650 g/mol. The second-order valence-corrected chi connectivity index (χ2v) is 11.2. The Hall–Kier alpha value is -4.15. The zero-order valence-electron chi connectivity index (χ0n) is 23.5. The van der Waals surface area contributed by atoms with Gasteiger partial charge in [-0.05, 0) is 76.8 Å². The minimum Gasteiger partial charge on any atom is -0.496 e. The smallest absolute Gasteiger partial charge is 0.338 e. The second kappa shape index (κ2) is 12.8. The molecule has 42 heavy (non-hydrogen) atoms. The van der Waals surface area contributed by atoms with Crippen LogP contribution in [0.3, 0.4) is 0 Å². The molecule has 3 aromatic carbocycles. The van der Waals surface area contributed by atoms with E-state index in [-0.39, 0.29) is 12.2 Å². The maximum absolute atomic E-state index is 13.9. The number of esters is 1. The Morgan fingerprint density at radius 2 is 1.76 bits per heavy atom. The first-order valence-electron chi connectivity index (χ1n) is 13.2. The molecule has 10 heteroatoms. The third kappa shape index (κ3) is 5.91. The van der Waals surface area contributed by atoms with Gasteiger partial charge in [0.05, 0.1) is 47.1 Å². The molecule has 1 aromatic heterocycles. The number of nitrogens with zero attached hydrogens (tertiary/aromatic N) is 2. The van der Waals surface area contributed by atoms with Gasteiger partial charge in [-0.25, -0.2) is 9.79 Å². The lowest BCUT2D eigenvalue weighted by molar-refractivity contribution is -0.139. The number of thiazole rings is 1. The molecule has 0 N–H and O–H groups in total. The van der Waals surface area contributed by atoms with Crippen molar-refractivity contribution in [2.45, 2.75) is 26.5 Å². The number of carbonyl (C=O) groups excluding carboxylic acids is 1. The highest BCUT2D eigenvalue weighted by Gasteiger charge is 2.33. The van der Waals surface area contributed by atoms with Crippen molar-refractivity contribution in [1.82, 2.24) is 4.57 Å². The molecule has 0 saturated carbocycles. The van der Waals surface area contributed by atoms with E-state index in [4.69, 9.17) is 18.9 Å². The maximum atomic E-state index is 13.9. The highest BCUT2D eigenvalue weighted by atomic mass is 79.9. The molecule has 8 nitrogen and oxygen atoms in total. The quantitative estimate of drug-likeness (QED) is 0.233. The van der Waals surface area contributed by atoms with Gasteiger partial charge >= 0.3 is 5.97 Å². The predicted octanol–water partition coefficient (Wildman–Crippen LogP) is 5.16. The van der Waals surface area contributed by atoms with Crippen LogP contribution in [0.5, 0.6) is 17.2 Å². The molecule has 1 aliphatic heterocycles. The highest BCUT2D eigenvalue weighted by molar-refractivity contribution is 9.10. The third-order valence-electron chi connectivity index (χ3n) is 6.73. The fourth-order valence-electron chi connectivity index (χ4n) is 4.74. The molecule has 216 valence electrons. The summed E-state index contributed by atoms with van der Waals surface area (Å²) >= 11 is 4.79. The van der Waals surface area contributed by atoms with Crippen molar-refractivity contribution in [2.75, 3.05) is 20.8 Å². The first kappa shape index (κ1) is 29.3. The van der Waals surface area contributed by atoms with Crippen LogP contribution < -0.4 is 29.1 Å². The van der Waals surface area contributed by atoms with Gasteiger partial charge in [0, 0.05) is 0 Å². The van der Waals surface area contributed by atoms with E-state index >= 15 is 0 Å². The lowest BCUT2D eigenvalue weighted by Crippen LogP contribution is -2.39. The third-order valence-corrected chi connectivity index (χ3v) is 8.33. The molecule has 4 aromatic rings. The molecule has 0 amide bonds. The Bertz CT molecular complexity index is 1840. The Morgan fingerprint density at radius 1 is 1.02 bits per heavy atom. The first-order valence-corrected chi connectivity index (χ1v) is 14.8. The monoisotopic (exact) mass is 648 g/mol. The number of ether oxygens (including phenoxy) is 4. The van der Waals surface area contributed by atoms with Crippen molar-refractivity contribution in [3.63, 3.8) is 0 Å². The molecule has 5 rings (SSSR count). The number of hydrogen-bond donors (Lipinski definition) is 0. The van der Waals surface area contributed by atoms with Crippen LogP contribution in [0.15, 0.2) is 92.3 Å². The van der Waals surface area contributed by atoms with Gasteiger partial charge in [-0.15, -0.1) is 0 Å². The number of fused-ring (bicyclic) bond motifs is 1. The summed E-state index contributed by atoms with van der Waals surface area (Å²) in [4.78, 5) is 32.2. The van der Waals surface area contributed by atoms with E-state index in [1.54, 1.807) is 44.8 Å². The van der Waals surface area contributed by atoms with Crippen molar-refractivity contribution in [3.8, 4) is 17.2 Å². The normalized spacial score (nSPS) is 14.7. The highest BCUT2D eigenvalue weighted by Crippen LogP contribution is 2.35. The largest absolute Gasteiger partial charge is 0.496 e. The summed E-state index contributed by atoms with van der Waals surface area (Å²) in [6, 6.07) is 20.1. The minimum atomic E-state index is -0.729. The van der Waals surface area contributed by atoms with E-state index < -0.39 is 12.0 Å². The molecular formula is C32H29BrN2O6S. The first-order chi connectivity index (χ1) is 20.3. The summed E-state index contributed by atoms with van der Waals surface area (Å²) in [6.07, 6.45) is 1.79. The van der Waals surface area contributed by atoms with Crippen LogP contribution >= 0.6 is 27.3 Å². The predicted molar refractivity (Wildman–Crippen MR) is 165 cm³/mol. The van der Waals surface area contributed by atoms with E-state index in [0.717, 1.165) is 11.1 Å². The summed E-state index contributed by atoms with van der Waals surface area (Å²) in [5.41, 5.74) is 3.06. The number of hydrogen-bond acceptors (Lipinski definition) is 8. The van der Waals surface area contributed by atoms with Crippen molar-refractivity contribution >= 4 is 39.3 Å². The van der Waals surface area contributed by atoms with E-state index in [1.807, 2.05) is 60.7 Å². The number of methoxy groups -OCH3 is 2. The molecule has 0 radical (unpaired) electrons. The molecule has 0 saturated heterocycles. The molecule has 0 fully saturated rings. The molecule has 0 bridgehead atoms. The number of rotatable bonds is 9. The topological polar surface area (TPSA) is 88.4 Å². The Morgan fingerprint density at radius 3 is 2.45 bits per heavy atom. The zero-order chi connectivity index (χ0) is 29.8. The lowest BCUT2D eigenvalue weighted by atomic mass is 9.96. The average Bonchev–Trinajstić information content (AvgIpc) is 3.29. The van der Waals surface area contributed by atoms with Gasteiger partial charge in [0.15, 0.2) is 16.3 Å². The van der Waals surface area contributed by atoms with Crippen molar-refractivity contribution < 1.29 is 23.7 Å². The summed E-state index contributed by atoms with van der Waals surface area (Å²) < 4.78 is 25.1. The number of allylic oxidation sites excluding steroid dienone is 1. The molecule has 2 heterocycles. The van der Waals surface area contributed by atoms with Gasteiger partial charge < -0.3 is 18.9 Å². The van der Waals surface area contributed by atoms with Crippen LogP contribution in [0.4, 0.5) is 0 Å². The Balaban J connectivity index is 1.57. The number of halogens is 1. The summed E-state index contributed by atoms with van der Waals surface area (Å²) in [6.45, 7) is 4.10. The van der Waals surface area contributed by atoms with E-state index in [0.29, 0.717) is 54.5 Å². The fourth-order valence-corrected chi connectivity index (χ4v) is 6.34. The van der Waals surface area contributed by atoms with Crippen molar-refractivity contribution in [2.24, 2.45) is 4.99 Å². The molecule has 1 atom stereocenters. The number of benzene rings is 3. The van der Waals surface area contributed by atoms with Crippen LogP contribution in [0.1, 0.15) is 36.6 Å². The Kier molecular flexibility index (Phi) is 8.94. The summed E-state index contributed by atoms with van der Waals surface area (Å²) in [5, 5.41) is 0. The number of aromatic nitrogens is 1. The fraction of sp³-hybridized carbons (Fsp3) is 0.219. The van der Waals surface area contributed by atoms with Crippen LogP contribution in [0.2, 0.25) is 0 Å². The molecule has 1 unspecified atom stereocenters.